The Bertz CT molecular complexity index is 586. The monoisotopic (exact) mass is 302 g/mol. The van der Waals surface area contributed by atoms with Gasteiger partial charge in [-0.3, -0.25) is 4.79 Å². The van der Waals surface area contributed by atoms with E-state index in [1.807, 2.05) is 0 Å². The predicted octanol–water partition coefficient (Wildman–Crippen LogP) is 0.548. The lowest BCUT2D eigenvalue weighted by Gasteiger charge is -2.17. The Labute approximate surface area is 118 Å². The number of phenolic OH excluding ortho intramolecular Hbond substituents is 1. The van der Waals surface area contributed by atoms with Crippen LogP contribution in [0, 0.1) is 0 Å². The van der Waals surface area contributed by atoms with Crippen LogP contribution in [0.4, 0.5) is 5.69 Å². The van der Waals surface area contributed by atoms with Crippen LogP contribution in [0.3, 0.4) is 0 Å². The smallest absolute Gasteiger partial charge is 0.307 e. The first-order chi connectivity index (χ1) is 9.28. The topological polar surface area (TPSA) is 110 Å². The van der Waals surface area contributed by atoms with Crippen molar-refractivity contribution in [3.05, 3.63) is 18.2 Å². The SMILES string of the molecule is CCOC(=O)CCN(C)S(=O)(=O)c1ccc(O)c(N)c1. The lowest BCUT2D eigenvalue weighted by Crippen LogP contribution is -2.29. The molecule has 0 heterocycles. The van der Waals surface area contributed by atoms with Gasteiger partial charge >= 0.3 is 5.97 Å². The molecule has 1 aromatic carbocycles. The highest BCUT2D eigenvalue weighted by atomic mass is 32.2. The Morgan fingerprint density at radius 3 is 2.65 bits per heavy atom. The van der Waals surface area contributed by atoms with Crippen LogP contribution in [-0.4, -0.2) is 44.0 Å². The molecule has 0 radical (unpaired) electrons. The van der Waals surface area contributed by atoms with Crippen LogP contribution in [0.15, 0.2) is 23.1 Å². The van der Waals surface area contributed by atoms with Gasteiger partial charge in [-0.25, -0.2) is 12.7 Å². The highest BCUT2D eigenvalue weighted by molar-refractivity contribution is 7.89. The molecular weight excluding hydrogens is 284 g/mol. The first kappa shape index (κ1) is 16.3. The number of esters is 1. The van der Waals surface area contributed by atoms with Gasteiger partial charge in [-0.1, -0.05) is 0 Å². The molecule has 1 rings (SSSR count). The van der Waals surface area contributed by atoms with Crippen molar-refractivity contribution in [2.24, 2.45) is 0 Å². The summed E-state index contributed by atoms with van der Waals surface area (Å²) in [5.74, 6) is -0.641. The standard InChI is InChI=1S/C12H18N2O5S/c1-3-19-12(16)6-7-14(2)20(17,18)9-4-5-11(15)10(13)8-9/h4-5,8,15H,3,6-7,13H2,1-2H3. The van der Waals surface area contributed by atoms with Gasteiger partial charge in [0.1, 0.15) is 5.75 Å². The molecule has 0 saturated heterocycles. The molecule has 0 aromatic heterocycles. The van der Waals surface area contributed by atoms with Gasteiger partial charge in [0.25, 0.3) is 0 Å². The Morgan fingerprint density at radius 1 is 1.45 bits per heavy atom. The second kappa shape index (κ2) is 6.58. The fourth-order valence-corrected chi connectivity index (χ4v) is 2.68. The number of nitrogen functional groups attached to an aromatic ring is 1. The minimum Gasteiger partial charge on any atom is -0.506 e. The molecular formula is C12H18N2O5S. The highest BCUT2D eigenvalue weighted by Gasteiger charge is 2.22. The van der Waals surface area contributed by atoms with Crippen molar-refractivity contribution in [2.75, 3.05) is 25.9 Å². The minimum atomic E-state index is -3.75. The lowest BCUT2D eigenvalue weighted by atomic mass is 10.3. The maximum Gasteiger partial charge on any atom is 0.307 e. The molecule has 0 amide bonds. The average molecular weight is 302 g/mol. The predicted molar refractivity (Wildman–Crippen MR) is 73.6 cm³/mol. The number of nitrogens with zero attached hydrogens (tertiary/aromatic N) is 1. The number of hydrogen-bond donors (Lipinski definition) is 2. The summed E-state index contributed by atoms with van der Waals surface area (Å²) in [6, 6.07) is 3.63. The van der Waals surface area contributed by atoms with Gasteiger partial charge in [0.2, 0.25) is 10.0 Å². The third kappa shape index (κ3) is 3.84. The van der Waals surface area contributed by atoms with E-state index in [1.165, 1.54) is 25.2 Å². The molecule has 0 saturated carbocycles. The molecule has 1 aromatic rings. The summed E-state index contributed by atoms with van der Waals surface area (Å²) in [5, 5.41) is 9.29. The number of benzene rings is 1. The molecule has 0 unspecified atom stereocenters. The normalized spacial score (nSPS) is 11.6. The Balaban J connectivity index is 2.82. The molecule has 0 aliphatic carbocycles. The Morgan fingerprint density at radius 2 is 2.10 bits per heavy atom. The number of phenols is 1. The summed E-state index contributed by atoms with van der Waals surface area (Å²) in [6.07, 6.45) is -0.0306. The largest absolute Gasteiger partial charge is 0.506 e. The molecule has 112 valence electrons. The zero-order valence-corrected chi connectivity index (χ0v) is 12.2. The molecule has 8 heteroatoms. The van der Waals surface area contributed by atoms with Gasteiger partial charge in [0.15, 0.2) is 0 Å². The van der Waals surface area contributed by atoms with Gasteiger partial charge in [-0.05, 0) is 25.1 Å². The Kier molecular flexibility index (Phi) is 5.34. The van der Waals surface area contributed by atoms with Crippen LogP contribution in [-0.2, 0) is 19.6 Å². The number of sulfonamides is 1. The summed E-state index contributed by atoms with van der Waals surface area (Å²) in [7, 11) is -2.40. The number of carbonyl (C=O) groups excluding carboxylic acids is 1. The summed E-state index contributed by atoms with van der Waals surface area (Å²) in [4.78, 5) is 11.2. The van der Waals surface area contributed by atoms with Crippen molar-refractivity contribution in [3.8, 4) is 5.75 Å². The summed E-state index contributed by atoms with van der Waals surface area (Å²) < 4.78 is 30.2. The molecule has 3 N–H and O–H groups in total. The number of aromatic hydroxyl groups is 1. The molecule has 0 fully saturated rings. The van der Waals surface area contributed by atoms with Gasteiger partial charge < -0.3 is 15.6 Å². The summed E-state index contributed by atoms with van der Waals surface area (Å²) >= 11 is 0. The number of hydrogen-bond acceptors (Lipinski definition) is 6. The first-order valence-electron chi connectivity index (χ1n) is 5.99. The number of nitrogens with two attached hydrogens (primary N) is 1. The third-order valence-electron chi connectivity index (χ3n) is 2.64. The number of anilines is 1. The van der Waals surface area contributed by atoms with E-state index < -0.39 is 16.0 Å². The van der Waals surface area contributed by atoms with E-state index in [0.29, 0.717) is 0 Å². The van der Waals surface area contributed by atoms with E-state index in [4.69, 9.17) is 10.5 Å². The quantitative estimate of drug-likeness (QED) is 0.451. The van der Waals surface area contributed by atoms with Crippen molar-refractivity contribution in [1.82, 2.24) is 4.31 Å². The molecule has 0 bridgehead atoms. The third-order valence-corrected chi connectivity index (χ3v) is 4.50. The molecule has 0 aliphatic heterocycles. The lowest BCUT2D eigenvalue weighted by molar-refractivity contribution is -0.143. The first-order valence-corrected chi connectivity index (χ1v) is 7.43. The molecule has 0 spiro atoms. The van der Waals surface area contributed by atoms with Gasteiger partial charge in [-0.2, -0.15) is 0 Å². The van der Waals surface area contributed by atoms with E-state index in [9.17, 15) is 18.3 Å². The molecule has 20 heavy (non-hydrogen) atoms. The summed E-state index contributed by atoms with van der Waals surface area (Å²) in [6.45, 7) is 1.93. The van der Waals surface area contributed by atoms with Crippen molar-refractivity contribution < 1.29 is 23.1 Å². The van der Waals surface area contributed by atoms with Crippen molar-refractivity contribution >= 4 is 21.7 Å². The minimum absolute atomic E-state index is 0.00193. The van der Waals surface area contributed by atoms with Crippen LogP contribution < -0.4 is 5.73 Å². The van der Waals surface area contributed by atoms with Crippen molar-refractivity contribution in [2.45, 2.75) is 18.2 Å². The van der Waals surface area contributed by atoms with E-state index in [2.05, 4.69) is 0 Å². The molecule has 7 nitrogen and oxygen atoms in total. The molecule has 0 atom stereocenters. The second-order valence-corrected chi connectivity index (χ2v) is 6.15. The van der Waals surface area contributed by atoms with Gasteiger partial charge in [0.05, 0.1) is 23.6 Å². The van der Waals surface area contributed by atoms with E-state index in [0.717, 1.165) is 4.31 Å². The van der Waals surface area contributed by atoms with Crippen LogP contribution in [0.1, 0.15) is 13.3 Å². The second-order valence-electron chi connectivity index (χ2n) is 4.10. The van der Waals surface area contributed by atoms with Gasteiger partial charge in [0, 0.05) is 13.6 Å². The van der Waals surface area contributed by atoms with Crippen molar-refractivity contribution in [1.29, 1.82) is 0 Å². The van der Waals surface area contributed by atoms with Crippen LogP contribution in [0.5, 0.6) is 5.75 Å². The van der Waals surface area contributed by atoms with E-state index >= 15 is 0 Å². The number of rotatable bonds is 6. The maximum absolute atomic E-state index is 12.2. The fourth-order valence-electron chi connectivity index (χ4n) is 1.48. The Hall–Kier alpha value is -1.80. The zero-order valence-electron chi connectivity index (χ0n) is 11.4. The molecule has 0 aliphatic rings. The van der Waals surface area contributed by atoms with Crippen LogP contribution >= 0.6 is 0 Å². The zero-order chi connectivity index (χ0) is 15.3. The van der Waals surface area contributed by atoms with Crippen molar-refractivity contribution in [3.63, 3.8) is 0 Å². The van der Waals surface area contributed by atoms with Crippen LogP contribution in [0.2, 0.25) is 0 Å². The van der Waals surface area contributed by atoms with Gasteiger partial charge in [-0.15, -0.1) is 0 Å². The van der Waals surface area contributed by atoms with E-state index in [-0.39, 0.29) is 35.9 Å². The van der Waals surface area contributed by atoms with Crippen LogP contribution in [0.25, 0.3) is 0 Å². The number of ether oxygens (including phenoxy) is 1. The average Bonchev–Trinajstić information content (AvgIpc) is 2.39. The highest BCUT2D eigenvalue weighted by Crippen LogP contribution is 2.24. The number of carbonyl (C=O) groups is 1. The van der Waals surface area contributed by atoms with E-state index in [1.54, 1.807) is 6.92 Å². The summed E-state index contributed by atoms with van der Waals surface area (Å²) in [5.41, 5.74) is 5.45. The fraction of sp³-hybridized carbons (Fsp3) is 0.417. The maximum atomic E-state index is 12.2.